The molecular weight excluding hydrogens is 458 g/mol. The van der Waals surface area contributed by atoms with Gasteiger partial charge in [-0.2, -0.15) is 0 Å². The maximum atomic E-state index is 12.8. The van der Waals surface area contributed by atoms with Crippen molar-refractivity contribution in [3.63, 3.8) is 0 Å². The first-order valence-electron chi connectivity index (χ1n) is 12.1. The molecule has 2 aliphatic carbocycles. The van der Waals surface area contributed by atoms with E-state index in [1.54, 1.807) is 12.3 Å². The Kier molecular flexibility index (Phi) is 4.38. The SMILES string of the molecule is CC1(c2cc(NC(=O)Nc3ccc(-c4cn(C5CC5)c5ncnc(N)c45)n4ccnc34)no2)CCC1. The number of carbonyl (C=O) groups excluding carboxylic acids is 1. The fourth-order valence-electron chi connectivity index (χ4n) is 5.11. The number of urea groups is 1. The molecule has 11 heteroatoms. The maximum Gasteiger partial charge on any atom is 0.325 e. The molecule has 0 radical (unpaired) electrons. The Morgan fingerprint density at radius 2 is 2.03 bits per heavy atom. The van der Waals surface area contributed by atoms with Crippen LogP contribution in [-0.4, -0.2) is 35.1 Å². The van der Waals surface area contributed by atoms with Crippen molar-refractivity contribution in [2.24, 2.45) is 0 Å². The zero-order chi connectivity index (χ0) is 24.4. The van der Waals surface area contributed by atoms with Crippen molar-refractivity contribution in [3.05, 3.63) is 48.9 Å². The number of nitrogens with one attached hydrogen (secondary N) is 2. The lowest BCUT2D eigenvalue weighted by molar-refractivity contribution is 0.203. The highest BCUT2D eigenvalue weighted by molar-refractivity contribution is 6.03. The van der Waals surface area contributed by atoms with Crippen molar-refractivity contribution in [3.8, 4) is 11.3 Å². The second-order valence-corrected chi connectivity index (χ2v) is 9.96. The topological polar surface area (TPSA) is 141 Å². The zero-order valence-electron chi connectivity index (χ0n) is 19.7. The van der Waals surface area contributed by atoms with Crippen LogP contribution in [0.5, 0.6) is 0 Å². The number of aromatic nitrogens is 6. The molecule has 0 unspecified atom stereocenters. The number of pyridine rings is 1. The average Bonchev–Trinajstić information content (AvgIpc) is 3.22. The molecule has 0 saturated heterocycles. The smallest absolute Gasteiger partial charge is 0.325 e. The van der Waals surface area contributed by atoms with Gasteiger partial charge in [-0.15, -0.1) is 0 Å². The minimum atomic E-state index is -0.422. The van der Waals surface area contributed by atoms with Gasteiger partial charge in [-0.25, -0.2) is 19.7 Å². The minimum Gasteiger partial charge on any atom is -0.383 e. The predicted molar refractivity (Wildman–Crippen MR) is 135 cm³/mol. The molecule has 36 heavy (non-hydrogen) atoms. The third kappa shape index (κ3) is 3.23. The van der Waals surface area contributed by atoms with Gasteiger partial charge in [-0.05, 0) is 37.8 Å². The number of nitrogens with two attached hydrogens (primary N) is 1. The summed E-state index contributed by atoms with van der Waals surface area (Å²) in [6.07, 6.45) is 12.7. The maximum absolute atomic E-state index is 12.8. The number of carbonyl (C=O) groups is 1. The molecule has 4 N–H and O–H groups in total. The van der Waals surface area contributed by atoms with E-state index in [0.717, 1.165) is 53.7 Å². The summed E-state index contributed by atoms with van der Waals surface area (Å²) < 4.78 is 9.59. The van der Waals surface area contributed by atoms with E-state index in [-0.39, 0.29) is 5.41 Å². The van der Waals surface area contributed by atoms with E-state index in [0.29, 0.717) is 29.0 Å². The first kappa shape index (κ1) is 20.9. The second kappa shape index (κ2) is 7.54. The van der Waals surface area contributed by atoms with E-state index in [2.05, 4.69) is 48.4 Å². The number of hydrogen-bond acceptors (Lipinski definition) is 7. The first-order chi connectivity index (χ1) is 17.5. The first-order valence-corrected chi connectivity index (χ1v) is 12.1. The highest BCUT2D eigenvalue weighted by Gasteiger charge is 2.37. The Morgan fingerprint density at radius 3 is 2.81 bits per heavy atom. The Bertz CT molecular complexity index is 1640. The van der Waals surface area contributed by atoms with Crippen LogP contribution in [0.25, 0.3) is 27.9 Å². The molecule has 5 aromatic heterocycles. The molecule has 2 aliphatic rings. The molecule has 2 fully saturated rings. The quantitative estimate of drug-likeness (QED) is 0.328. The number of amides is 2. The van der Waals surface area contributed by atoms with Crippen LogP contribution in [0.1, 0.15) is 50.8 Å². The van der Waals surface area contributed by atoms with Gasteiger partial charge in [0, 0.05) is 41.7 Å². The van der Waals surface area contributed by atoms with E-state index in [1.807, 2.05) is 22.7 Å². The summed E-state index contributed by atoms with van der Waals surface area (Å²) in [5, 5.41) is 10.5. The molecule has 0 bridgehead atoms. The number of fused-ring (bicyclic) bond motifs is 2. The van der Waals surface area contributed by atoms with Crippen LogP contribution in [-0.2, 0) is 5.41 Å². The number of anilines is 3. The van der Waals surface area contributed by atoms with Crippen molar-refractivity contribution in [2.45, 2.75) is 50.5 Å². The average molecular weight is 484 g/mol. The number of nitrogens with zero attached hydrogens (tertiary/aromatic N) is 6. The van der Waals surface area contributed by atoms with Crippen LogP contribution in [0.2, 0.25) is 0 Å². The van der Waals surface area contributed by atoms with Crippen LogP contribution in [0, 0.1) is 0 Å². The van der Waals surface area contributed by atoms with E-state index in [9.17, 15) is 4.79 Å². The molecule has 0 aliphatic heterocycles. The Morgan fingerprint density at radius 1 is 1.17 bits per heavy atom. The summed E-state index contributed by atoms with van der Waals surface area (Å²) >= 11 is 0. The lowest BCUT2D eigenvalue weighted by Gasteiger charge is -2.35. The number of nitrogen functional groups attached to an aromatic ring is 1. The Hall–Kier alpha value is -4.41. The van der Waals surface area contributed by atoms with Gasteiger partial charge in [-0.1, -0.05) is 18.5 Å². The summed E-state index contributed by atoms with van der Waals surface area (Å²) in [5.41, 5.74) is 10.1. The number of hydrogen-bond donors (Lipinski definition) is 3. The summed E-state index contributed by atoms with van der Waals surface area (Å²) in [7, 11) is 0. The van der Waals surface area contributed by atoms with E-state index in [1.165, 1.54) is 12.7 Å². The van der Waals surface area contributed by atoms with Gasteiger partial charge in [0.1, 0.15) is 23.6 Å². The minimum absolute atomic E-state index is 0.0122. The second-order valence-electron chi connectivity index (χ2n) is 9.96. The molecule has 0 atom stereocenters. The van der Waals surface area contributed by atoms with Crippen LogP contribution < -0.4 is 16.4 Å². The molecule has 2 saturated carbocycles. The van der Waals surface area contributed by atoms with Gasteiger partial charge in [0.25, 0.3) is 0 Å². The molecule has 5 aromatic rings. The predicted octanol–water partition coefficient (Wildman–Crippen LogP) is 4.74. The van der Waals surface area contributed by atoms with Gasteiger partial charge in [0.05, 0.1) is 16.8 Å². The Labute approximate surface area is 205 Å². The molecule has 2 amide bonds. The standard InChI is InChI=1S/C25H25N9O2/c1-25(7-2-8-25)18-11-19(32-36-18)31-24(35)30-16-5-6-17(33-10-9-27-22(16)33)15-12-34(14-3-4-14)23-20(15)21(26)28-13-29-23/h5-6,9-14H,2-4,7-8H2,1H3,(H2,26,28,29)(H2,30,31,32,35). The molecular formula is C25H25N9O2. The largest absolute Gasteiger partial charge is 0.383 e. The van der Waals surface area contributed by atoms with E-state index < -0.39 is 6.03 Å². The monoisotopic (exact) mass is 483 g/mol. The summed E-state index contributed by atoms with van der Waals surface area (Å²) in [4.78, 5) is 26.0. The third-order valence-corrected chi connectivity index (χ3v) is 7.46. The third-order valence-electron chi connectivity index (χ3n) is 7.46. The van der Waals surface area contributed by atoms with Crippen LogP contribution in [0.4, 0.5) is 22.1 Å². The van der Waals surface area contributed by atoms with E-state index >= 15 is 0 Å². The highest BCUT2D eigenvalue weighted by atomic mass is 16.5. The van der Waals surface area contributed by atoms with Gasteiger partial charge in [0.2, 0.25) is 0 Å². The fraction of sp³-hybridized carbons (Fsp3) is 0.320. The van der Waals surface area contributed by atoms with Crippen LogP contribution in [0.15, 0.2) is 47.6 Å². The van der Waals surface area contributed by atoms with Crippen molar-refractivity contribution in [1.29, 1.82) is 0 Å². The van der Waals surface area contributed by atoms with Crippen LogP contribution >= 0.6 is 0 Å². The molecule has 0 aromatic carbocycles. The van der Waals surface area contributed by atoms with Gasteiger partial charge in [0.15, 0.2) is 11.5 Å². The highest BCUT2D eigenvalue weighted by Crippen LogP contribution is 2.44. The summed E-state index contributed by atoms with van der Waals surface area (Å²) in [6, 6.07) is 5.58. The number of rotatable bonds is 5. The lowest BCUT2D eigenvalue weighted by atomic mass is 9.69. The van der Waals surface area contributed by atoms with Crippen molar-refractivity contribution >= 4 is 40.0 Å². The molecule has 0 spiro atoms. The molecule has 7 rings (SSSR count). The summed E-state index contributed by atoms with van der Waals surface area (Å²) in [5.74, 6) is 1.62. The van der Waals surface area contributed by atoms with Crippen LogP contribution in [0.3, 0.4) is 0 Å². The normalized spacial score (nSPS) is 16.8. The molecule has 182 valence electrons. The number of imidazole rings is 1. The fourth-order valence-corrected chi connectivity index (χ4v) is 5.11. The zero-order valence-corrected chi connectivity index (χ0v) is 19.7. The van der Waals surface area contributed by atoms with Crippen molar-refractivity contribution < 1.29 is 9.32 Å². The van der Waals surface area contributed by atoms with Gasteiger partial charge in [-0.3, -0.25) is 9.72 Å². The van der Waals surface area contributed by atoms with Gasteiger partial charge >= 0.3 is 6.03 Å². The molecule has 5 heterocycles. The summed E-state index contributed by atoms with van der Waals surface area (Å²) in [6.45, 7) is 2.15. The lowest BCUT2D eigenvalue weighted by Crippen LogP contribution is -2.29. The van der Waals surface area contributed by atoms with Crippen molar-refractivity contribution in [2.75, 3.05) is 16.4 Å². The molecule has 11 nitrogen and oxygen atoms in total. The van der Waals surface area contributed by atoms with Gasteiger partial charge < -0.3 is 20.1 Å². The van der Waals surface area contributed by atoms with E-state index in [4.69, 9.17) is 10.3 Å². The van der Waals surface area contributed by atoms with Crippen molar-refractivity contribution in [1.82, 2.24) is 29.1 Å². The Balaban J connectivity index is 1.20.